The van der Waals surface area contributed by atoms with Gasteiger partial charge in [-0.3, -0.25) is 0 Å². The van der Waals surface area contributed by atoms with E-state index in [9.17, 15) is 0 Å². The highest BCUT2D eigenvalue weighted by Gasteiger charge is 2.16. The fourth-order valence-electron chi connectivity index (χ4n) is 4.82. The van der Waals surface area contributed by atoms with Gasteiger partial charge in [-0.15, -0.1) is 0 Å². The van der Waals surface area contributed by atoms with Gasteiger partial charge in [0, 0.05) is 30.4 Å². The molecule has 0 aliphatic rings. The van der Waals surface area contributed by atoms with Gasteiger partial charge >= 0.3 is 0 Å². The maximum Gasteiger partial charge on any atom is 0.183 e. The molecule has 0 fully saturated rings. The van der Waals surface area contributed by atoms with Crippen LogP contribution in [0.25, 0.3) is 33.9 Å². The molecule has 0 radical (unpaired) electrons. The number of aromatic amines is 1. The summed E-state index contributed by atoms with van der Waals surface area (Å²) < 4.78 is 2.31. The highest BCUT2D eigenvalue weighted by atomic mass is 15.1. The summed E-state index contributed by atoms with van der Waals surface area (Å²) in [7, 11) is 0. The van der Waals surface area contributed by atoms with Crippen LogP contribution in [-0.2, 0) is 19.5 Å². The van der Waals surface area contributed by atoms with Crippen LogP contribution in [0.4, 0.5) is 5.82 Å². The third-order valence-corrected chi connectivity index (χ3v) is 6.87. The fourth-order valence-corrected chi connectivity index (χ4v) is 4.82. The predicted molar refractivity (Wildman–Crippen MR) is 155 cm³/mol. The van der Waals surface area contributed by atoms with E-state index >= 15 is 0 Å². The smallest absolute Gasteiger partial charge is 0.183 e. The molecule has 0 spiro atoms. The predicted octanol–water partition coefficient (Wildman–Crippen LogP) is 7.37. The summed E-state index contributed by atoms with van der Waals surface area (Å²) in [5.74, 6) is 2.87. The van der Waals surface area contributed by atoms with Crippen molar-refractivity contribution in [3.8, 4) is 22.8 Å². The number of H-pyrrole nitrogens is 1. The van der Waals surface area contributed by atoms with Crippen LogP contribution in [0.1, 0.15) is 69.7 Å². The molecular formula is C31H37N7. The van der Waals surface area contributed by atoms with E-state index in [2.05, 4.69) is 96.2 Å². The summed E-state index contributed by atoms with van der Waals surface area (Å²) >= 11 is 0. The molecule has 0 amide bonds. The van der Waals surface area contributed by atoms with Gasteiger partial charge < -0.3 is 14.9 Å². The van der Waals surface area contributed by atoms with Gasteiger partial charge in [0.1, 0.15) is 11.3 Å². The molecule has 0 atom stereocenters. The molecule has 0 saturated heterocycles. The normalized spacial score (nSPS) is 11.5. The van der Waals surface area contributed by atoms with Crippen molar-refractivity contribution in [2.24, 2.45) is 0 Å². The van der Waals surface area contributed by atoms with Crippen molar-refractivity contribution in [2.75, 3.05) is 5.32 Å². The number of aromatic nitrogens is 6. The van der Waals surface area contributed by atoms with Gasteiger partial charge in [-0.1, -0.05) is 89.1 Å². The monoisotopic (exact) mass is 507 g/mol. The van der Waals surface area contributed by atoms with E-state index in [1.807, 2.05) is 6.07 Å². The lowest BCUT2D eigenvalue weighted by Gasteiger charge is -2.13. The summed E-state index contributed by atoms with van der Waals surface area (Å²) in [6, 6.07) is 17.0. The molecule has 0 aliphatic heterocycles. The van der Waals surface area contributed by atoms with Crippen molar-refractivity contribution in [3.05, 3.63) is 77.9 Å². The average Bonchev–Trinajstić information content (AvgIpc) is 3.58. The minimum atomic E-state index is 0.371. The van der Waals surface area contributed by atoms with Crippen molar-refractivity contribution < 1.29 is 0 Å². The average molecular weight is 508 g/mol. The molecule has 7 heteroatoms. The summed E-state index contributed by atoms with van der Waals surface area (Å²) in [6.45, 7) is 10.5. The Morgan fingerprint density at radius 3 is 2.53 bits per heavy atom. The first-order valence-electron chi connectivity index (χ1n) is 13.8. The summed E-state index contributed by atoms with van der Waals surface area (Å²) in [5, 5.41) is 3.53. The maximum absolute atomic E-state index is 4.95. The second-order valence-electron chi connectivity index (χ2n) is 10.1. The Kier molecular flexibility index (Phi) is 7.82. The SMILES string of the molecule is CCCCn1cc(CCC)nc1-c1ccc(CNc2nc(-c3ccccc3C(C)C)nc3nc[nH]c23)cc1. The molecule has 5 aromatic rings. The molecule has 2 N–H and O–H groups in total. The van der Waals surface area contributed by atoms with E-state index < -0.39 is 0 Å². The minimum Gasteiger partial charge on any atom is -0.364 e. The van der Waals surface area contributed by atoms with Gasteiger partial charge in [0.05, 0.1) is 12.0 Å². The zero-order chi connectivity index (χ0) is 26.5. The fraction of sp³-hybridized carbons (Fsp3) is 0.355. The Bertz CT molecular complexity index is 1490. The quantitative estimate of drug-likeness (QED) is 0.195. The molecule has 3 aromatic heterocycles. The van der Waals surface area contributed by atoms with E-state index in [0.29, 0.717) is 23.9 Å². The molecular weight excluding hydrogens is 470 g/mol. The second kappa shape index (κ2) is 11.6. The lowest BCUT2D eigenvalue weighted by molar-refractivity contribution is 0.636. The molecule has 0 unspecified atom stereocenters. The molecule has 38 heavy (non-hydrogen) atoms. The first-order chi connectivity index (χ1) is 18.6. The van der Waals surface area contributed by atoms with Crippen LogP contribution in [0, 0.1) is 0 Å². The molecule has 7 nitrogen and oxygen atoms in total. The number of anilines is 1. The van der Waals surface area contributed by atoms with Gasteiger partial charge in [0.15, 0.2) is 17.3 Å². The number of nitrogens with one attached hydrogen (secondary N) is 2. The molecule has 0 aliphatic carbocycles. The van der Waals surface area contributed by atoms with Gasteiger partial charge in [-0.2, -0.15) is 0 Å². The van der Waals surface area contributed by atoms with Crippen LogP contribution >= 0.6 is 0 Å². The van der Waals surface area contributed by atoms with E-state index in [1.165, 1.54) is 23.2 Å². The Morgan fingerprint density at radius 1 is 0.947 bits per heavy atom. The highest BCUT2D eigenvalue weighted by molar-refractivity contribution is 5.85. The molecule has 3 heterocycles. The Hall–Kier alpha value is -4.00. The number of benzene rings is 2. The molecule has 0 saturated carbocycles. The summed E-state index contributed by atoms with van der Waals surface area (Å²) in [5.41, 5.74) is 7.24. The Morgan fingerprint density at radius 2 is 1.76 bits per heavy atom. The van der Waals surface area contributed by atoms with Gasteiger partial charge in [0.2, 0.25) is 0 Å². The first kappa shape index (κ1) is 25.6. The minimum absolute atomic E-state index is 0.371. The number of imidazole rings is 2. The number of rotatable bonds is 11. The van der Waals surface area contributed by atoms with Crippen molar-refractivity contribution in [1.29, 1.82) is 0 Å². The number of unbranched alkanes of at least 4 members (excludes halogenated alkanes) is 1. The Balaban J connectivity index is 1.38. The molecule has 0 bridgehead atoms. The zero-order valence-corrected chi connectivity index (χ0v) is 22.8. The number of hydrogen-bond acceptors (Lipinski definition) is 5. The lowest BCUT2D eigenvalue weighted by atomic mass is 9.97. The van der Waals surface area contributed by atoms with Crippen molar-refractivity contribution >= 4 is 17.0 Å². The summed E-state index contributed by atoms with van der Waals surface area (Å²) in [6.07, 6.45) is 8.34. The van der Waals surface area contributed by atoms with E-state index in [0.717, 1.165) is 54.1 Å². The Labute approximate surface area is 224 Å². The number of nitrogens with zero attached hydrogens (tertiary/aromatic N) is 5. The summed E-state index contributed by atoms with van der Waals surface area (Å²) in [4.78, 5) is 22.2. The topological polar surface area (TPSA) is 84.3 Å². The number of fused-ring (bicyclic) bond motifs is 1. The van der Waals surface area contributed by atoms with Crippen LogP contribution < -0.4 is 5.32 Å². The second-order valence-corrected chi connectivity index (χ2v) is 10.1. The number of hydrogen-bond donors (Lipinski definition) is 2. The van der Waals surface area contributed by atoms with Gasteiger partial charge in [-0.05, 0) is 29.9 Å². The van der Waals surface area contributed by atoms with Crippen LogP contribution in [-0.4, -0.2) is 29.5 Å². The zero-order valence-electron chi connectivity index (χ0n) is 22.8. The van der Waals surface area contributed by atoms with Crippen LogP contribution in [0.2, 0.25) is 0 Å². The van der Waals surface area contributed by atoms with E-state index in [1.54, 1.807) is 6.33 Å². The van der Waals surface area contributed by atoms with Crippen LogP contribution in [0.3, 0.4) is 0 Å². The van der Waals surface area contributed by atoms with Crippen LogP contribution in [0.15, 0.2) is 61.1 Å². The standard InChI is InChI=1S/C31H37N7/c1-5-7-17-38-19-24(10-6-2)35-31(38)23-15-13-22(14-16-23)18-32-29-27-30(34-20-33-27)37-28(36-29)26-12-9-8-11-25(26)21(3)4/h8-9,11-16,19-21H,5-7,10,17-18H2,1-4H3,(H2,32,33,34,36,37). The van der Waals surface area contributed by atoms with Crippen molar-refractivity contribution in [3.63, 3.8) is 0 Å². The van der Waals surface area contributed by atoms with E-state index in [4.69, 9.17) is 15.0 Å². The van der Waals surface area contributed by atoms with Gasteiger partial charge in [0.25, 0.3) is 0 Å². The van der Waals surface area contributed by atoms with Crippen LogP contribution in [0.5, 0.6) is 0 Å². The van der Waals surface area contributed by atoms with E-state index in [-0.39, 0.29) is 0 Å². The molecule has 5 rings (SSSR count). The lowest BCUT2D eigenvalue weighted by Crippen LogP contribution is -2.05. The van der Waals surface area contributed by atoms with Crippen molar-refractivity contribution in [1.82, 2.24) is 29.5 Å². The maximum atomic E-state index is 4.95. The molecule has 196 valence electrons. The molecule has 2 aromatic carbocycles. The third kappa shape index (κ3) is 5.47. The number of aryl methyl sites for hydroxylation is 2. The third-order valence-electron chi connectivity index (χ3n) is 6.87. The first-order valence-corrected chi connectivity index (χ1v) is 13.8. The highest BCUT2D eigenvalue weighted by Crippen LogP contribution is 2.29. The van der Waals surface area contributed by atoms with Gasteiger partial charge in [-0.25, -0.2) is 19.9 Å². The van der Waals surface area contributed by atoms with Crippen molar-refractivity contribution in [2.45, 2.75) is 72.4 Å². The largest absolute Gasteiger partial charge is 0.364 e.